The molecule has 0 amide bonds. The Balaban J connectivity index is 1.81. The molecule has 0 saturated heterocycles. The standard InChI is InChI=1S/C16H17Cl2N3O2S/c1-22-8-9(19)5-12-14(18)15-16(23-12)11(6-13(17)21-15)20-7-10-3-2-4-24-10/h2-4,6,9H,5,7-8,19H2,1H3,(H,20,21)/t9-/m1/s1/i1D3. The summed E-state index contributed by atoms with van der Waals surface area (Å²) in [4.78, 5) is 5.39. The van der Waals surface area contributed by atoms with E-state index < -0.39 is 13.1 Å². The first kappa shape index (κ1) is 13.9. The number of nitrogens with one attached hydrogen (secondary N) is 1. The fourth-order valence-electron chi connectivity index (χ4n) is 2.32. The van der Waals surface area contributed by atoms with Crippen molar-refractivity contribution in [1.29, 1.82) is 0 Å². The SMILES string of the molecule is [2H]C([2H])([2H])OC[C@H](N)Cc1oc2c(NCc3cccs3)cc(Cl)nc2c1Cl. The van der Waals surface area contributed by atoms with Crippen LogP contribution in [0.25, 0.3) is 11.1 Å². The Hall–Kier alpha value is -1.31. The fraction of sp³-hybridized carbons (Fsp3) is 0.312. The molecule has 0 aliphatic rings. The average molecular weight is 389 g/mol. The van der Waals surface area contributed by atoms with Crippen molar-refractivity contribution in [1.82, 2.24) is 4.98 Å². The zero-order valence-electron chi connectivity index (χ0n) is 15.5. The topological polar surface area (TPSA) is 73.3 Å². The molecule has 0 aliphatic heterocycles. The van der Waals surface area contributed by atoms with Crippen LogP contribution in [0.2, 0.25) is 10.2 Å². The highest BCUT2D eigenvalue weighted by Crippen LogP contribution is 2.36. The summed E-state index contributed by atoms with van der Waals surface area (Å²) >= 11 is 14.1. The summed E-state index contributed by atoms with van der Waals surface area (Å²) in [6, 6.07) is 5.06. The van der Waals surface area contributed by atoms with Crippen molar-refractivity contribution < 1.29 is 13.3 Å². The van der Waals surface area contributed by atoms with E-state index in [0.717, 1.165) is 4.88 Å². The van der Waals surface area contributed by atoms with E-state index in [2.05, 4.69) is 10.3 Å². The molecular weight excluding hydrogens is 369 g/mol. The molecule has 5 nitrogen and oxygen atoms in total. The lowest BCUT2D eigenvalue weighted by Crippen LogP contribution is -2.27. The number of ether oxygens (including phenoxy) is 1. The zero-order valence-corrected chi connectivity index (χ0v) is 14.8. The van der Waals surface area contributed by atoms with Gasteiger partial charge >= 0.3 is 0 Å². The molecule has 3 rings (SSSR count). The summed E-state index contributed by atoms with van der Waals surface area (Å²) in [5.41, 5.74) is 7.51. The monoisotopic (exact) mass is 388 g/mol. The van der Waals surface area contributed by atoms with Crippen molar-refractivity contribution in [2.45, 2.75) is 19.0 Å². The second-order valence-electron chi connectivity index (χ2n) is 5.22. The van der Waals surface area contributed by atoms with Crippen LogP contribution in [0.1, 0.15) is 14.7 Å². The van der Waals surface area contributed by atoms with Gasteiger partial charge in [0.15, 0.2) is 5.58 Å². The molecule has 3 heterocycles. The van der Waals surface area contributed by atoms with Gasteiger partial charge in [-0.1, -0.05) is 29.3 Å². The van der Waals surface area contributed by atoms with Gasteiger partial charge in [0.1, 0.15) is 21.5 Å². The minimum Gasteiger partial charge on any atom is -0.455 e. The molecule has 0 fully saturated rings. The van der Waals surface area contributed by atoms with Crippen molar-refractivity contribution in [3.05, 3.63) is 44.4 Å². The van der Waals surface area contributed by atoms with Gasteiger partial charge in [0.05, 0.1) is 16.4 Å². The van der Waals surface area contributed by atoms with E-state index in [1.807, 2.05) is 17.5 Å². The minimum absolute atomic E-state index is 0.151. The van der Waals surface area contributed by atoms with Crippen LogP contribution >= 0.6 is 34.5 Å². The summed E-state index contributed by atoms with van der Waals surface area (Å²) < 4.78 is 31.8. The highest BCUT2D eigenvalue weighted by Gasteiger charge is 2.20. The van der Waals surface area contributed by atoms with Crippen LogP contribution in [-0.2, 0) is 17.7 Å². The largest absolute Gasteiger partial charge is 0.455 e. The van der Waals surface area contributed by atoms with Crippen LogP contribution in [0.15, 0.2) is 28.0 Å². The number of halogens is 2. The van der Waals surface area contributed by atoms with Gasteiger partial charge in [-0.2, -0.15) is 0 Å². The first-order valence-corrected chi connectivity index (χ1v) is 8.79. The van der Waals surface area contributed by atoms with Gasteiger partial charge in [0.2, 0.25) is 0 Å². The fourth-order valence-corrected chi connectivity index (χ4v) is 3.40. The minimum atomic E-state index is -2.50. The number of thiophene rings is 1. The molecule has 0 saturated carbocycles. The van der Waals surface area contributed by atoms with Gasteiger partial charge < -0.3 is 20.2 Å². The van der Waals surface area contributed by atoms with Crippen molar-refractivity contribution in [2.75, 3.05) is 19.0 Å². The molecule has 0 radical (unpaired) electrons. The number of hydrogen-bond acceptors (Lipinski definition) is 6. The van der Waals surface area contributed by atoms with Crippen molar-refractivity contribution in [3.8, 4) is 0 Å². The molecule has 0 aromatic carbocycles. The van der Waals surface area contributed by atoms with Crippen LogP contribution in [0.3, 0.4) is 0 Å². The highest BCUT2D eigenvalue weighted by atomic mass is 35.5. The second-order valence-corrected chi connectivity index (χ2v) is 7.02. The number of methoxy groups -OCH3 is 1. The van der Waals surface area contributed by atoms with Crippen LogP contribution < -0.4 is 11.1 Å². The Morgan fingerprint density at radius 2 is 2.42 bits per heavy atom. The highest BCUT2D eigenvalue weighted by molar-refractivity contribution is 7.09. The van der Waals surface area contributed by atoms with Gasteiger partial charge in [0, 0.05) is 37.0 Å². The van der Waals surface area contributed by atoms with Gasteiger partial charge in [-0.3, -0.25) is 0 Å². The maximum atomic E-state index is 7.07. The summed E-state index contributed by atoms with van der Waals surface area (Å²) in [6.45, 7) is 0.453. The Morgan fingerprint density at radius 3 is 3.17 bits per heavy atom. The molecule has 0 aliphatic carbocycles. The van der Waals surface area contributed by atoms with E-state index in [4.69, 9.17) is 42.2 Å². The molecule has 0 spiro atoms. The van der Waals surface area contributed by atoms with Crippen molar-refractivity contribution in [3.63, 3.8) is 0 Å². The normalized spacial score (nSPS) is 15.0. The van der Waals surface area contributed by atoms with Gasteiger partial charge in [-0.15, -0.1) is 11.3 Å². The number of aromatic nitrogens is 1. The lowest BCUT2D eigenvalue weighted by Gasteiger charge is -2.08. The molecule has 128 valence electrons. The quantitative estimate of drug-likeness (QED) is 0.589. The summed E-state index contributed by atoms with van der Waals surface area (Å²) in [5.74, 6) is 0.405. The number of furan rings is 1. The molecule has 1 atom stereocenters. The molecule has 3 N–H and O–H groups in total. The van der Waals surface area contributed by atoms with E-state index in [-0.39, 0.29) is 18.2 Å². The second kappa shape index (κ2) is 7.72. The Labute approximate surface area is 157 Å². The molecule has 3 aromatic rings. The average Bonchev–Trinajstić information content (AvgIpc) is 3.20. The third-order valence-corrected chi connectivity index (χ3v) is 4.86. The maximum absolute atomic E-state index is 7.07. The van der Waals surface area contributed by atoms with E-state index in [0.29, 0.717) is 34.1 Å². The maximum Gasteiger partial charge on any atom is 0.177 e. The summed E-state index contributed by atoms with van der Waals surface area (Å²) in [6.07, 6.45) is 0.202. The molecular formula is C16H17Cl2N3O2S. The molecule has 24 heavy (non-hydrogen) atoms. The third kappa shape index (κ3) is 3.84. The smallest absolute Gasteiger partial charge is 0.177 e. The van der Waals surface area contributed by atoms with Crippen LogP contribution in [-0.4, -0.2) is 24.7 Å². The molecule has 8 heteroatoms. The summed E-state index contributed by atoms with van der Waals surface area (Å²) in [7, 11) is -2.50. The zero-order chi connectivity index (χ0) is 19.6. The Morgan fingerprint density at radius 1 is 1.54 bits per heavy atom. The molecule has 0 bridgehead atoms. The predicted molar refractivity (Wildman–Crippen MR) is 99.2 cm³/mol. The van der Waals surface area contributed by atoms with E-state index >= 15 is 0 Å². The number of rotatable bonds is 7. The number of nitrogens with zero attached hydrogens (tertiary/aromatic N) is 1. The number of fused-ring (bicyclic) bond motifs is 1. The van der Waals surface area contributed by atoms with E-state index in [9.17, 15) is 0 Å². The molecule has 0 unspecified atom stereocenters. The van der Waals surface area contributed by atoms with Gasteiger partial charge in [-0.25, -0.2) is 4.98 Å². The first-order valence-electron chi connectivity index (χ1n) is 8.66. The van der Waals surface area contributed by atoms with Crippen molar-refractivity contribution in [2.24, 2.45) is 5.73 Å². The van der Waals surface area contributed by atoms with Crippen LogP contribution in [0, 0.1) is 0 Å². The lowest BCUT2D eigenvalue weighted by molar-refractivity contribution is 0.178. The third-order valence-electron chi connectivity index (χ3n) is 3.40. The number of nitrogens with two attached hydrogens (primary N) is 1. The van der Waals surface area contributed by atoms with E-state index in [1.165, 1.54) is 0 Å². The Bertz CT molecular complexity index is 916. The van der Waals surface area contributed by atoms with Crippen molar-refractivity contribution >= 4 is 51.3 Å². The number of pyridine rings is 1. The van der Waals surface area contributed by atoms with Gasteiger partial charge in [-0.05, 0) is 11.4 Å². The summed E-state index contributed by atoms with van der Waals surface area (Å²) in [5, 5.41) is 5.85. The van der Waals surface area contributed by atoms with Crippen LogP contribution in [0.4, 0.5) is 5.69 Å². The van der Waals surface area contributed by atoms with Crippen LogP contribution in [0.5, 0.6) is 0 Å². The first-order chi connectivity index (χ1) is 12.7. The van der Waals surface area contributed by atoms with Gasteiger partial charge in [0.25, 0.3) is 0 Å². The van der Waals surface area contributed by atoms with E-state index in [1.54, 1.807) is 17.4 Å². The lowest BCUT2D eigenvalue weighted by atomic mass is 10.2. The predicted octanol–water partition coefficient (Wildman–Crippen LogP) is 4.32. The Kier molecular flexibility index (Phi) is 4.48. The number of hydrogen-bond donors (Lipinski definition) is 2. The molecule has 3 aromatic heterocycles. The number of anilines is 1.